The molecule has 2 aromatic carbocycles. The molecule has 0 aliphatic rings. The fourth-order valence-corrected chi connectivity index (χ4v) is 2.86. The number of hydrogen-bond donors (Lipinski definition) is 1. The highest BCUT2D eigenvalue weighted by molar-refractivity contribution is 6.42. The number of ether oxygens (including phenoxy) is 2. The fourth-order valence-electron chi connectivity index (χ4n) is 1.95. The van der Waals surface area contributed by atoms with Gasteiger partial charge in [-0.25, -0.2) is 4.79 Å². The molecule has 0 aliphatic carbocycles. The van der Waals surface area contributed by atoms with Crippen LogP contribution in [0.1, 0.15) is 23.7 Å². The predicted molar refractivity (Wildman–Crippen MR) is 103 cm³/mol. The summed E-state index contributed by atoms with van der Waals surface area (Å²) in [7, 11) is 0. The van der Waals surface area contributed by atoms with Crippen molar-refractivity contribution < 1.29 is 19.1 Å². The Hall–Kier alpha value is -1.95. The Morgan fingerprint density at radius 3 is 2.23 bits per heavy atom. The molecule has 0 saturated carbocycles. The average molecular weight is 417 g/mol. The number of carbonyl (C=O) groups excluding carboxylic acids is 2. The van der Waals surface area contributed by atoms with Crippen LogP contribution >= 0.6 is 34.8 Å². The molecule has 2 rings (SSSR count). The van der Waals surface area contributed by atoms with Crippen LogP contribution in [0.4, 0.5) is 5.69 Å². The molecule has 0 aliphatic heterocycles. The zero-order valence-corrected chi connectivity index (χ0v) is 16.1. The number of amides is 1. The van der Waals surface area contributed by atoms with Crippen molar-refractivity contribution in [3.8, 4) is 5.75 Å². The smallest absolute Gasteiger partial charge is 0.344 e. The van der Waals surface area contributed by atoms with Crippen molar-refractivity contribution in [1.82, 2.24) is 0 Å². The molecule has 0 spiro atoms. The van der Waals surface area contributed by atoms with E-state index in [-0.39, 0.29) is 22.3 Å². The van der Waals surface area contributed by atoms with E-state index >= 15 is 0 Å². The van der Waals surface area contributed by atoms with Gasteiger partial charge in [0.15, 0.2) is 6.61 Å². The van der Waals surface area contributed by atoms with E-state index < -0.39 is 11.9 Å². The largest absolute Gasteiger partial charge is 0.482 e. The Labute approximate surface area is 166 Å². The van der Waals surface area contributed by atoms with E-state index in [2.05, 4.69) is 5.32 Å². The second-order valence-electron chi connectivity index (χ2n) is 5.23. The molecule has 0 heterocycles. The van der Waals surface area contributed by atoms with Crippen molar-refractivity contribution in [3.05, 3.63) is 57.0 Å². The third-order valence-corrected chi connectivity index (χ3v) is 4.00. The molecule has 138 valence electrons. The topological polar surface area (TPSA) is 64.6 Å². The molecule has 0 radical (unpaired) electrons. The van der Waals surface area contributed by atoms with Gasteiger partial charge in [-0.3, -0.25) is 4.79 Å². The lowest BCUT2D eigenvalue weighted by atomic mass is 10.2. The number of benzene rings is 2. The van der Waals surface area contributed by atoms with E-state index in [0.717, 1.165) is 6.42 Å². The molecule has 26 heavy (non-hydrogen) atoms. The molecule has 1 N–H and O–H groups in total. The first-order chi connectivity index (χ1) is 12.4. The first-order valence-corrected chi connectivity index (χ1v) is 8.88. The van der Waals surface area contributed by atoms with Gasteiger partial charge in [-0.1, -0.05) is 41.7 Å². The summed E-state index contributed by atoms with van der Waals surface area (Å²) in [4.78, 5) is 23.7. The van der Waals surface area contributed by atoms with Gasteiger partial charge in [-0.15, -0.1) is 0 Å². The van der Waals surface area contributed by atoms with Crippen LogP contribution in [-0.4, -0.2) is 25.1 Å². The summed E-state index contributed by atoms with van der Waals surface area (Å²) in [5, 5.41) is 3.49. The molecular formula is C18H16Cl3NO4. The van der Waals surface area contributed by atoms with Crippen LogP contribution in [0, 0.1) is 0 Å². The van der Waals surface area contributed by atoms with Gasteiger partial charge in [0.05, 0.1) is 22.3 Å². The van der Waals surface area contributed by atoms with Crippen LogP contribution in [0.2, 0.25) is 15.1 Å². The Morgan fingerprint density at radius 2 is 1.65 bits per heavy atom. The normalized spacial score (nSPS) is 10.3. The highest BCUT2D eigenvalue weighted by atomic mass is 35.5. The Balaban J connectivity index is 1.98. The highest BCUT2D eigenvalue weighted by Crippen LogP contribution is 2.34. The van der Waals surface area contributed by atoms with Gasteiger partial charge in [0, 0.05) is 10.6 Å². The standard InChI is InChI=1S/C18H16Cl3NO4/c1-2-7-25-16(23)10-26-13-5-3-11(4-6-13)18(24)22-17-14(20)8-12(19)9-15(17)21/h3-6,8-9H,2,7,10H2,1H3,(H,22,24). The number of esters is 1. The van der Waals surface area contributed by atoms with Crippen LogP contribution < -0.4 is 10.1 Å². The van der Waals surface area contributed by atoms with Gasteiger partial charge in [-0.05, 0) is 42.8 Å². The van der Waals surface area contributed by atoms with E-state index in [1.807, 2.05) is 6.92 Å². The van der Waals surface area contributed by atoms with E-state index in [4.69, 9.17) is 44.3 Å². The molecule has 0 atom stereocenters. The zero-order valence-electron chi connectivity index (χ0n) is 13.9. The number of halogens is 3. The number of nitrogens with one attached hydrogen (secondary N) is 1. The minimum Gasteiger partial charge on any atom is -0.482 e. The van der Waals surface area contributed by atoms with Crippen molar-refractivity contribution in [2.45, 2.75) is 13.3 Å². The van der Waals surface area contributed by atoms with Crippen LogP contribution in [0.15, 0.2) is 36.4 Å². The molecule has 0 aromatic heterocycles. The SMILES string of the molecule is CCCOC(=O)COc1ccc(C(=O)Nc2c(Cl)cc(Cl)cc2Cl)cc1. The maximum Gasteiger partial charge on any atom is 0.344 e. The quantitative estimate of drug-likeness (QED) is 0.628. The second-order valence-corrected chi connectivity index (χ2v) is 6.48. The summed E-state index contributed by atoms with van der Waals surface area (Å²) in [6.07, 6.45) is 0.747. The first-order valence-electron chi connectivity index (χ1n) is 7.75. The number of hydrogen-bond acceptors (Lipinski definition) is 4. The predicted octanol–water partition coefficient (Wildman–Crippen LogP) is 5.23. The third kappa shape index (κ3) is 5.80. The molecule has 0 saturated heterocycles. The summed E-state index contributed by atoms with van der Waals surface area (Å²) < 4.78 is 10.2. The Bertz CT molecular complexity index is 771. The molecular weight excluding hydrogens is 401 g/mol. The van der Waals surface area contributed by atoms with E-state index in [0.29, 0.717) is 22.9 Å². The van der Waals surface area contributed by atoms with Gasteiger partial charge < -0.3 is 14.8 Å². The summed E-state index contributed by atoms with van der Waals surface area (Å²) >= 11 is 17.9. The molecule has 0 fully saturated rings. The monoisotopic (exact) mass is 415 g/mol. The summed E-state index contributed by atoms with van der Waals surface area (Å²) in [5.41, 5.74) is 0.648. The van der Waals surface area contributed by atoms with Crippen molar-refractivity contribution in [2.24, 2.45) is 0 Å². The highest BCUT2D eigenvalue weighted by Gasteiger charge is 2.13. The number of carbonyl (C=O) groups is 2. The van der Waals surface area contributed by atoms with Crippen LogP contribution in [0.3, 0.4) is 0 Å². The van der Waals surface area contributed by atoms with Crippen LogP contribution in [-0.2, 0) is 9.53 Å². The van der Waals surface area contributed by atoms with Gasteiger partial charge in [0.2, 0.25) is 0 Å². The third-order valence-electron chi connectivity index (χ3n) is 3.19. The first kappa shape index (κ1) is 20.4. The van der Waals surface area contributed by atoms with Crippen molar-refractivity contribution >= 4 is 52.4 Å². The molecule has 2 aromatic rings. The zero-order chi connectivity index (χ0) is 19.1. The fraction of sp³-hybridized carbons (Fsp3) is 0.222. The Kier molecular flexibility index (Phi) is 7.57. The van der Waals surface area contributed by atoms with E-state index in [1.165, 1.54) is 12.1 Å². The summed E-state index contributed by atoms with van der Waals surface area (Å²) in [5.74, 6) is -0.400. The molecule has 1 amide bonds. The minimum absolute atomic E-state index is 0.193. The maximum atomic E-state index is 12.3. The molecule has 8 heteroatoms. The maximum absolute atomic E-state index is 12.3. The van der Waals surface area contributed by atoms with Gasteiger partial charge >= 0.3 is 5.97 Å². The second kappa shape index (κ2) is 9.67. The van der Waals surface area contributed by atoms with E-state index in [9.17, 15) is 9.59 Å². The van der Waals surface area contributed by atoms with Crippen molar-refractivity contribution in [1.29, 1.82) is 0 Å². The van der Waals surface area contributed by atoms with Crippen molar-refractivity contribution in [2.75, 3.05) is 18.5 Å². The van der Waals surface area contributed by atoms with Gasteiger partial charge in [-0.2, -0.15) is 0 Å². The van der Waals surface area contributed by atoms with Crippen LogP contribution in [0.25, 0.3) is 0 Å². The van der Waals surface area contributed by atoms with Gasteiger partial charge in [0.25, 0.3) is 5.91 Å². The van der Waals surface area contributed by atoms with Crippen LogP contribution in [0.5, 0.6) is 5.75 Å². The number of rotatable bonds is 7. The molecule has 5 nitrogen and oxygen atoms in total. The minimum atomic E-state index is -0.444. The molecule has 0 unspecified atom stereocenters. The summed E-state index contributed by atoms with van der Waals surface area (Å²) in [6, 6.07) is 9.23. The molecule has 0 bridgehead atoms. The van der Waals surface area contributed by atoms with Gasteiger partial charge in [0.1, 0.15) is 5.75 Å². The lowest BCUT2D eigenvalue weighted by Gasteiger charge is -2.10. The lowest BCUT2D eigenvalue weighted by molar-refractivity contribution is -0.146. The number of anilines is 1. The average Bonchev–Trinajstić information content (AvgIpc) is 2.61. The van der Waals surface area contributed by atoms with Crippen molar-refractivity contribution in [3.63, 3.8) is 0 Å². The summed E-state index contributed by atoms with van der Waals surface area (Å²) in [6.45, 7) is 2.07. The Morgan fingerprint density at radius 1 is 1.04 bits per heavy atom. The lowest BCUT2D eigenvalue weighted by Crippen LogP contribution is -2.15. The van der Waals surface area contributed by atoms with E-state index in [1.54, 1.807) is 24.3 Å².